The van der Waals surface area contributed by atoms with Crippen LogP contribution in [0.1, 0.15) is 13.3 Å². The summed E-state index contributed by atoms with van der Waals surface area (Å²) in [5, 5.41) is 0.457. The molecule has 0 bridgehead atoms. The number of benzene rings is 1. The minimum Gasteiger partial charge on any atom is -0.341 e. The van der Waals surface area contributed by atoms with Crippen molar-refractivity contribution in [1.82, 2.24) is 14.5 Å². The topological polar surface area (TPSA) is 72.3 Å². The summed E-state index contributed by atoms with van der Waals surface area (Å²) in [5.74, 6) is 0.176. The van der Waals surface area contributed by atoms with Gasteiger partial charge in [0.1, 0.15) is 0 Å². The smallest absolute Gasteiger partial charge is 0.235 e. The third-order valence-corrected chi connectivity index (χ3v) is 7.36. The minimum atomic E-state index is -3.00. The first-order valence-corrected chi connectivity index (χ1v) is 10.5. The average molecular weight is 367 g/mol. The van der Waals surface area contributed by atoms with Gasteiger partial charge in [-0.1, -0.05) is 23.9 Å². The van der Waals surface area contributed by atoms with Gasteiger partial charge in [0.05, 0.1) is 27.8 Å². The van der Waals surface area contributed by atoms with Gasteiger partial charge in [-0.3, -0.25) is 4.79 Å². The predicted octanol–water partition coefficient (Wildman–Crippen LogP) is 1.70. The fourth-order valence-electron chi connectivity index (χ4n) is 2.98. The van der Waals surface area contributed by atoms with Crippen molar-refractivity contribution < 1.29 is 13.2 Å². The fourth-order valence-corrected chi connectivity index (χ4v) is 5.75. The molecule has 0 radical (unpaired) electrons. The predicted molar refractivity (Wildman–Crippen MR) is 95.9 cm³/mol. The van der Waals surface area contributed by atoms with Gasteiger partial charge in [-0.05, 0) is 25.5 Å². The maximum atomic E-state index is 12.6. The molecular weight excluding hydrogens is 346 g/mol. The number of carbonyl (C=O) groups excluding carboxylic acids is 1. The molecule has 1 aromatic heterocycles. The van der Waals surface area contributed by atoms with E-state index < -0.39 is 9.84 Å². The molecular formula is C16H21N3O3S2. The molecule has 0 aliphatic carbocycles. The summed E-state index contributed by atoms with van der Waals surface area (Å²) in [7, 11) is 0.627. The molecule has 0 N–H and O–H groups in total. The lowest BCUT2D eigenvalue weighted by Gasteiger charge is -2.26. The number of aryl methyl sites for hydroxylation is 1. The van der Waals surface area contributed by atoms with E-state index in [2.05, 4.69) is 4.98 Å². The molecule has 1 aromatic carbocycles. The zero-order valence-corrected chi connectivity index (χ0v) is 15.6. The summed E-state index contributed by atoms with van der Waals surface area (Å²) in [6.45, 7) is 1.84. The first-order valence-electron chi connectivity index (χ1n) is 7.84. The van der Waals surface area contributed by atoms with Crippen molar-refractivity contribution in [2.24, 2.45) is 7.05 Å². The van der Waals surface area contributed by atoms with Crippen LogP contribution in [0.15, 0.2) is 29.4 Å². The molecule has 130 valence electrons. The molecule has 1 fully saturated rings. The fraction of sp³-hybridized carbons (Fsp3) is 0.500. The lowest BCUT2D eigenvalue weighted by atomic mass is 10.2. The summed E-state index contributed by atoms with van der Waals surface area (Å²) in [4.78, 5) is 18.8. The first-order chi connectivity index (χ1) is 11.3. The van der Waals surface area contributed by atoms with Crippen LogP contribution in [0, 0.1) is 0 Å². The Hall–Kier alpha value is -1.54. The number of thioether (sulfide) groups is 1. The summed E-state index contributed by atoms with van der Waals surface area (Å²) in [5.41, 5.74) is 1.92. The first kappa shape index (κ1) is 17.3. The number of hydrogen-bond acceptors (Lipinski definition) is 5. The van der Waals surface area contributed by atoms with E-state index in [0.717, 1.165) is 16.2 Å². The van der Waals surface area contributed by atoms with Crippen LogP contribution < -0.4 is 0 Å². The van der Waals surface area contributed by atoms with Gasteiger partial charge in [0.25, 0.3) is 0 Å². The summed E-state index contributed by atoms with van der Waals surface area (Å²) < 4.78 is 25.2. The van der Waals surface area contributed by atoms with Gasteiger partial charge < -0.3 is 9.47 Å². The molecule has 3 rings (SSSR count). The quantitative estimate of drug-likeness (QED) is 0.769. The van der Waals surface area contributed by atoms with Gasteiger partial charge in [0.2, 0.25) is 5.91 Å². The second kappa shape index (κ2) is 6.40. The molecule has 0 spiro atoms. The summed E-state index contributed by atoms with van der Waals surface area (Å²) >= 11 is 1.40. The standard InChI is InChI=1S/C16H21N3O3S2/c1-11(15(20)18(2)12-8-9-24(21,22)10-12)23-16-17-13-6-4-5-7-14(13)19(16)3/h4-7,11-12H,8-10H2,1-3H3/t11-,12-/m1/s1. The van der Waals surface area contributed by atoms with Crippen molar-refractivity contribution in [3.8, 4) is 0 Å². The number of carbonyl (C=O) groups is 1. The van der Waals surface area contributed by atoms with Crippen molar-refractivity contribution in [2.45, 2.75) is 29.8 Å². The number of fused-ring (bicyclic) bond motifs is 1. The van der Waals surface area contributed by atoms with Crippen LogP contribution >= 0.6 is 11.8 Å². The number of imidazole rings is 1. The van der Waals surface area contributed by atoms with Gasteiger partial charge in [0, 0.05) is 20.1 Å². The number of rotatable bonds is 4. The molecule has 2 aromatic rings. The highest BCUT2D eigenvalue weighted by Gasteiger charge is 2.34. The maximum Gasteiger partial charge on any atom is 0.235 e. The Morgan fingerprint density at radius 1 is 1.42 bits per heavy atom. The Morgan fingerprint density at radius 2 is 2.12 bits per heavy atom. The lowest BCUT2D eigenvalue weighted by Crippen LogP contribution is -2.41. The second-order valence-electron chi connectivity index (χ2n) is 6.21. The van der Waals surface area contributed by atoms with E-state index >= 15 is 0 Å². The number of aromatic nitrogens is 2. The molecule has 0 saturated carbocycles. The third-order valence-electron chi connectivity index (χ3n) is 4.48. The van der Waals surface area contributed by atoms with E-state index in [-0.39, 0.29) is 28.7 Å². The van der Waals surface area contributed by atoms with Crippen LogP contribution in [0.5, 0.6) is 0 Å². The van der Waals surface area contributed by atoms with Gasteiger partial charge in [-0.2, -0.15) is 0 Å². The normalized spacial score (nSPS) is 21.0. The molecule has 1 amide bonds. The van der Waals surface area contributed by atoms with Crippen LogP contribution in [0.4, 0.5) is 0 Å². The molecule has 1 aliphatic heterocycles. The van der Waals surface area contributed by atoms with Gasteiger partial charge in [-0.15, -0.1) is 0 Å². The summed E-state index contributed by atoms with van der Waals surface area (Å²) in [6, 6.07) is 7.62. The lowest BCUT2D eigenvalue weighted by molar-refractivity contribution is -0.130. The molecule has 2 heterocycles. The Kier molecular flexibility index (Phi) is 4.61. The monoisotopic (exact) mass is 367 g/mol. The number of nitrogens with zero attached hydrogens (tertiary/aromatic N) is 3. The van der Waals surface area contributed by atoms with E-state index in [1.54, 1.807) is 11.9 Å². The Morgan fingerprint density at radius 3 is 2.75 bits per heavy atom. The molecule has 0 unspecified atom stereocenters. The summed E-state index contributed by atoms with van der Waals surface area (Å²) in [6.07, 6.45) is 0.522. The highest BCUT2D eigenvalue weighted by molar-refractivity contribution is 8.00. The van der Waals surface area contributed by atoms with E-state index in [0.29, 0.717) is 6.42 Å². The van der Waals surface area contributed by atoms with Crippen molar-refractivity contribution in [3.63, 3.8) is 0 Å². The van der Waals surface area contributed by atoms with E-state index in [1.807, 2.05) is 42.8 Å². The van der Waals surface area contributed by atoms with E-state index in [9.17, 15) is 13.2 Å². The zero-order chi connectivity index (χ0) is 17.5. The molecule has 6 nitrogen and oxygen atoms in total. The zero-order valence-electron chi connectivity index (χ0n) is 14.0. The van der Waals surface area contributed by atoms with E-state index in [4.69, 9.17) is 0 Å². The maximum absolute atomic E-state index is 12.6. The third kappa shape index (κ3) is 3.30. The highest BCUT2D eigenvalue weighted by atomic mass is 32.2. The molecule has 2 atom stereocenters. The van der Waals surface area contributed by atoms with Crippen LogP contribution in [-0.4, -0.2) is 58.6 Å². The van der Waals surface area contributed by atoms with Crippen LogP contribution in [0.2, 0.25) is 0 Å². The largest absolute Gasteiger partial charge is 0.341 e. The van der Waals surface area contributed by atoms with Crippen molar-refractivity contribution in [3.05, 3.63) is 24.3 Å². The Bertz CT molecular complexity index is 876. The van der Waals surface area contributed by atoms with Gasteiger partial charge in [-0.25, -0.2) is 13.4 Å². The van der Waals surface area contributed by atoms with Crippen molar-refractivity contribution in [1.29, 1.82) is 0 Å². The number of hydrogen-bond donors (Lipinski definition) is 0. The Labute approximate surface area is 146 Å². The molecule has 1 saturated heterocycles. The van der Waals surface area contributed by atoms with Crippen LogP contribution in [-0.2, 0) is 21.7 Å². The number of amides is 1. The number of para-hydroxylation sites is 2. The molecule has 8 heteroatoms. The SMILES string of the molecule is C[C@@H](Sc1nc2ccccc2n1C)C(=O)N(C)[C@@H]1CCS(=O)(=O)C1. The van der Waals surface area contributed by atoms with Crippen LogP contribution in [0.25, 0.3) is 11.0 Å². The Balaban J connectivity index is 1.72. The molecule has 1 aliphatic rings. The number of sulfone groups is 1. The second-order valence-corrected chi connectivity index (χ2v) is 9.74. The minimum absolute atomic E-state index is 0.0610. The van der Waals surface area contributed by atoms with Crippen LogP contribution in [0.3, 0.4) is 0 Å². The highest BCUT2D eigenvalue weighted by Crippen LogP contribution is 2.28. The average Bonchev–Trinajstić information content (AvgIpc) is 3.06. The van der Waals surface area contributed by atoms with E-state index in [1.165, 1.54) is 11.8 Å². The van der Waals surface area contributed by atoms with Gasteiger partial charge >= 0.3 is 0 Å². The van der Waals surface area contributed by atoms with Gasteiger partial charge in [0.15, 0.2) is 15.0 Å². The van der Waals surface area contributed by atoms with Crippen molar-refractivity contribution in [2.75, 3.05) is 18.6 Å². The van der Waals surface area contributed by atoms with Crippen molar-refractivity contribution >= 4 is 38.5 Å². The molecule has 24 heavy (non-hydrogen) atoms.